The molecule has 0 bridgehead atoms. The fraction of sp³-hybridized carbons (Fsp3) is 0.683. The summed E-state index contributed by atoms with van der Waals surface area (Å²) in [5.41, 5.74) is 0. The SMILES string of the molecule is CC/C=C\C/C=C\C/C=C\CCCCCCCC(=O)NC(CO)C(O)/C=C/CC/C=C/CC/C=C/CCCCCCCCCC. The van der Waals surface area contributed by atoms with Crippen LogP contribution < -0.4 is 5.32 Å². The molecule has 0 aromatic carbocycles. The topological polar surface area (TPSA) is 69.6 Å². The van der Waals surface area contributed by atoms with Gasteiger partial charge < -0.3 is 15.5 Å². The molecule has 0 saturated heterocycles. The minimum atomic E-state index is -0.879. The number of carbonyl (C=O) groups excluding carboxylic acids is 1. The van der Waals surface area contributed by atoms with Crippen molar-refractivity contribution in [3.05, 3.63) is 72.9 Å². The van der Waals surface area contributed by atoms with Crippen LogP contribution in [-0.2, 0) is 4.79 Å². The molecule has 0 saturated carbocycles. The molecule has 2 atom stereocenters. The number of rotatable bonds is 32. The van der Waals surface area contributed by atoms with Gasteiger partial charge in [0.2, 0.25) is 5.91 Å². The summed E-state index contributed by atoms with van der Waals surface area (Å²) < 4.78 is 0. The van der Waals surface area contributed by atoms with Crippen LogP contribution in [0, 0.1) is 0 Å². The molecule has 3 N–H and O–H groups in total. The van der Waals surface area contributed by atoms with Gasteiger partial charge in [0.15, 0.2) is 0 Å². The summed E-state index contributed by atoms with van der Waals surface area (Å²) in [5.74, 6) is -0.0996. The molecule has 0 aliphatic carbocycles. The summed E-state index contributed by atoms with van der Waals surface area (Å²) in [6.45, 7) is 4.15. The van der Waals surface area contributed by atoms with E-state index in [-0.39, 0.29) is 12.5 Å². The van der Waals surface area contributed by atoms with E-state index in [0.29, 0.717) is 6.42 Å². The van der Waals surface area contributed by atoms with Crippen molar-refractivity contribution >= 4 is 5.91 Å². The summed E-state index contributed by atoms with van der Waals surface area (Å²) in [4.78, 5) is 12.3. The third-order valence-electron chi connectivity index (χ3n) is 7.90. The highest BCUT2D eigenvalue weighted by atomic mass is 16.3. The molecule has 0 aliphatic rings. The largest absolute Gasteiger partial charge is 0.394 e. The Balaban J connectivity index is 3.76. The first-order valence-electron chi connectivity index (χ1n) is 18.7. The number of aliphatic hydroxyl groups excluding tert-OH is 2. The van der Waals surface area contributed by atoms with Crippen LogP contribution in [0.15, 0.2) is 72.9 Å². The summed E-state index contributed by atoms with van der Waals surface area (Å²) in [7, 11) is 0. The lowest BCUT2D eigenvalue weighted by Crippen LogP contribution is -2.45. The molecule has 0 aromatic heterocycles. The van der Waals surface area contributed by atoms with Gasteiger partial charge in [0.1, 0.15) is 0 Å². The van der Waals surface area contributed by atoms with Gasteiger partial charge in [-0.2, -0.15) is 0 Å². The van der Waals surface area contributed by atoms with Gasteiger partial charge in [-0.25, -0.2) is 0 Å². The lowest BCUT2D eigenvalue weighted by atomic mass is 10.1. The van der Waals surface area contributed by atoms with Crippen molar-refractivity contribution in [3.8, 4) is 0 Å². The zero-order chi connectivity index (χ0) is 32.9. The highest BCUT2D eigenvalue weighted by Gasteiger charge is 2.17. The first-order valence-corrected chi connectivity index (χ1v) is 18.7. The van der Waals surface area contributed by atoms with E-state index in [4.69, 9.17) is 0 Å². The first kappa shape index (κ1) is 42.8. The number of carbonyl (C=O) groups is 1. The number of hydrogen-bond donors (Lipinski definition) is 3. The summed E-state index contributed by atoms with van der Waals surface area (Å²) >= 11 is 0. The molecule has 0 aromatic rings. The Labute approximate surface area is 278 Å². The minimum Gasteiger partial charge on any atom is -0.394 e. The molecule has 45 heavy (non-hydrogen) atoms. The molecule has 258 valence electrons. The van der Waals surface area contributed by atoms with Crippen LogP contribution in [0.3, 0.4) is 0 Å². The van der Waals surface area contributed by atoms with E-state index in [1.807, 2.05) is 6.08 Å². The maximum atomic E-state index is 12.3. The molecular formula is C41H71NO3. The van der Waals surface area contributed by atoms with Crippen LogP contribution in [0.2, 0.25) is 0 Å². The van der Waals surface area contributed by atoms with Crippen LogP contribution in [0.4, 0.5) is 0 Å². The zero-order valence-corrected chi connectivity index (χ0v) is 29.4. The van der Waals surface area contributed by atoms with Gasteiger partial charge in [-0.05, 0) is 77.0 Å². The molecule has 2 unspecified atom stereocenters. The van der Waals surface area contributed by atoms with E-state index in [1.54, 1.807) is 6.08 Å². The molecule has 4 nitrogen and oxygen atoms in total. The summed E-state index contributed by atoms with van der Waals surface area (Å²) in [6.07, 6.45) is 51.3. The van der Waals surface area contributed by atoms with Crippen molar-refractivity contribution in [2.75, 3.05) is 6.61 Å². The molecule has 0 heterocycles. The molecule has 0 fully saturated rings. The second-order valence-corrected chi connectivity index (χ2v) is 12.2. The average Bonchev–Trinajstić information content (AvgIpc) is 3.04. The smallest absolute Gasteiger partial charge is 0.220 e. The van der Waals surface area contributed by atoms with Gasteiger partial charge in [-0.1, -0.05) is 151 Å². The van der Waals surface area contributed by atoms with Crippen molar-refractivity contribution in [2.45, 2.75) is 174 Å². The predicted octanol–water partition coefficient (Wildman–Crippen LogP) is 11.2. The molecule has 4 heteroatoms. The Kier molecular flexibility index (Phi) is 34.5. The Bertz CT molecular complexity index is 808. The van der Waals surface area contributed by atoms with Crippen LogP contribution in [0.25, 0.3) is 0 Å². The maximum absolute atomic E-state index is 12.3. The normalized spacial score (nSPS) is 14.0. The fourth-order valence-electron chi connectivity index (χ4n) is 5.04. The lowest BCUT2D eigenvalue weighted by molar-refractivity contribution is -0.123. The molecule has 0 radical (unpaired) electrons. The predicted molar refractivity (Wildman–Crippen MR) is 197 cm³/mol. The Morgan fingerprint density at radius 3 is 1.56 bits per heavy atom. The Morgan fingerprint density at radius 1 is 0.556 bits per heavy atom. The second kappa shape index (κ2) is 36.3. The van der Waals surface area contributed by atoms with Gasteiger partial charge >= 0.3 is 0 Å². The summed E-state index contributed by atoms with van der Waals surface area (Å²) in [6, 6.07) is -0.656. The van der Waals surface area contributed by atoms with Crippen molar-refractivity contribution < 1.29 is 15.0 Å². The number of aliphatic hydroxyl groups is 2. The van der Waals surface area contributed by atoms with Crippen molar-refractivity contribution in [3.63, 3.8) is 0 Å². The first-order chi connectivity index (χ1) is 22.2. The molecule has 0 rings (SSSR count). The van der Waals surface area contributed by atoms with E-state index in [1.165, 1.54) is 70.6 Å². The van der Waals surface area contributed by atoms with Gasteiger partial charge in [0, 0.05) is 6.42 Å². The van der Waals surface area contributed by atoms with Crippen molar-refractivity contribution in [1.29, 1.82) is 0 Å². The molecular weight excluding hydrogens is 554 g/mol. The molecule has 0 spiro atoms. The van der Waals surface area contributed by atoms with Crippen LogP contribution >= 0.6 is 0 Å². The average molecular weight is 626 g/mol. The van der Waals surface area contributed by atoms with Crippen LogP contribution in [0.1, 0.15) is 162 Å². The van der Waals surface area contributed by atoms with E-state index in [9.17, 15) is 15.0 Å². The van der Waals surface area contributed by atoms with E-state index < -0.39 is 12.1 Å². The third kappa shape index (κ3) is 33.0. The monoisotopic (exact) mass is 626 g/mol. The highest BCUT2D eigenvalue weighted by Crippen LogP contribution is 2.11. The fourth-order valence-corrected chi connectivity index (χ4v) is 5.04. The quantitative estimate of drug-likeness (QED) is 0.0514. The van der Waals surface area contributed by atoms with Crippen molar-refractivity contribution in [2.24, 2.45) is 0 Å². The Morgan fingerprint density at radius 2 is 1.00 bits per heavy atom. The van der Waals surface area contributed by atoms with E-state index >= 15 is 0 Å². The van der Waals surface area contributed by atoms with Crippen LogP contribution in [0.5, 0.6) is 0 Å². The summed E-state index contributed by atoms with van der Waals surface area (Å²) in [5, 5.41) is 22.9. The standard InChI is InChI=1S/C41H71NO3/c1-3-5-7-9-11-13-15-17-19-20-21-23-24-26-28-30-32-34-36-40(44)39(38-43)42-41(45)37-35-33-31-29-27-25-22-18-16-14-12-10-8-6-4-2/h6,8,12,14,18,20-22,26,28,34,36,39-40,43-44H,3-5,7,9-11,13,15-17,19,23-25,27,29-33,35,37-38H2,1-2H3,(H,42,45)/b8-6-,14-12-,21-20+,22-18-,28-26+,36-34+. The van der Waals surface area contributed by atoms with Crippen LogP contribution in [-0.4, -0.2) is 34.9 Å². The third-order valence-corrected chi connectivity index (χ3v) is 7.90. The zero-order valence-electron chi connectivity index (χ0n) is 29.4. The van der Waals surface area contributed by atoms with Gasteiger partial charge in [0.05, 0.1) is 18.8 Å². The lowest BCUT2D eigenvalue weighted by Gasteiger charge is -2.19. The number of hydrogen-bond acceptors (Lipinski definition) is 3. The maximum Gasteiger partial charge on any atom is 0.220 e. The number of amides is 1. The minimum absolute atomic E-state index is 0.0996. The molecule has 1 amide bonds. The molecule has 0 aliphatic heterocycles. The Hall–Kier alpha value is -2.17. The number of allylic oxidation sites excluding steroid dienone is 11. The van der Waals surface area contributed by atoms with E-state index in [2.05, 4.69) is 79.9 Å². The highest BCUT2D eigenvalue weighted by molar-refractivity contribution is 5.76. The van der Waals surface area contributed by atoms with Crippen molar-refractivity contribution in [1.82, 2.24) is 5.32 Å². The number of unbranched alkanes of at least 4 members (excludes halogenated alkanes) is 15. The second-order valence-electron chi connectivity index (χ2n) is 12.2. The van der Waals surface area contributed by atoms with E-state index in [0.717, 1.165) is 70.6 Å². The van der Waals surface area contributed by atoms with Gasteiger partial charge in [0.25, 0.3) is 0 Å². The van der Waals surface area contributed by atoms with Gasteiger partial charge in [-0.15, -0.1) is 0 Å². The van der Waals surface area contributed by atoms with Gasteiger partial charge in [-0.3, -0.25) is 4.79 Å². The number of nitrogens with one attached hydrogen (secondary N) is 1.